The number of benzene rings is 2. The van der Waals surface area contributed by atoms with E-state index in [1.54, 1.807) is 4.90 Å². The predicted octanol–water partition coefficient (Wildman–Crippen LogP) is 4.06. The molecule has 37 heavy (non-hydrogen) atoms. The minimum atomic E-state index is -0.590. The summed E-state index contributed by atoms with van der Waals surface area (Å²) in [4.78, 5) is 40.3. The van der Waals surface area contributed by atoms with Crippen LogP contribution in [-0.2, 0) is 30.4 Å². The van der Waals surface area contributed by atoms with Crippen LogP contribution >= 0.6 is 0 Å². The Hall–Kier alpha value is -2.67. The Balaban J connectivity index is 1.64. The third-order valence-electron chi connectivity index (χ3n) is 6.96. The van der Waals surface area contributed by atoms with E-state index in [0.717, 1.165) is 35.7 Å². The molecule has 0 aromatic heterocycles. The molecule has 2 saturated heterocycles. The number of cyclic esters (lactones) is 1. The summed E-state index contributed by atoms with van der Waals surface area (Å²) in [6.07, 6.45) is 2.43. The molecule has 5 atom stereocenters. The molecular weight excluding hydrogens is 537 g/mol. The van der Waals surface area contributed by atoms with Crippen molar-refractivity contribution in [1.29, 1.82) is 0 Å². The quantitative estimate of drug-likeness (QED) is 0.217. The molecule has 0 spiro atoms. The Kier molecular flexibility index (Phi) is 9.78. The van der Waals surface area contributed by atoms with Crippen molar-refractivity contribution in [3.05, 3.63) is 66.2 Å². The number of ketones is 1. The van der Waals surface area contributed by atoms with E-state index in [-0.39, 0.29) is 44.5 Å². The average Bonchev–Trinajstić information content (AvgIpc) is 3.26. The number of ether oxygens (including phenoxy) is 3. The fourth-order valence-corrected chi connectivity index (χ4v) is 7.76. The number of amides is 1. The summed E-state index contributed by atoms with van der Waals surface area (Å²) in [5.74, 6) is -0.377. The Morgan fingerprint density at radius 2 is 1.78 bits per heavy atom. The van der Waals surface area contributed by atoms with Crippen molar-refractivity contribution in [2.75, 3.05) is 7.11 Å². The van der Waals surface area contributed by atoms with Crippen LogP contribution in [-0.4, -0.2) is 69.1 Å². The fourth-order valence-electron chi connectivity index (χ4n) is 5.11. The summed E-state index contributed by atoms with van der Waals surface area (Å²) in [6.45, 7) is 2.54. The topological polar surface area (TPSA) is 82.1 Å². The van der Waals surface area contributed by atoms with Crippen LogP contribution in [0.2, 0.25) is 4.82 Å². The maximum absolute atomic E-state index is 13.6. The molecule has 7 nitrogen and oxygen atoms in total. The van der Waals surface area contributed by atoms with E-state index in [4.69, 9.17) is 14.2 Å². The summed E-state index contributed by atoms with van der Waals surface area (Å²) >= 11 is -0.211. The van der Waals surface area contributed by atoms with Gasteiger partial charge in [0.2, 0.25) is 0 Å². The Morgan fingerprint density at radius 1 is 1.08 bits per heavy atom. The Bertz CT molecular complexity index is 1050. The molecule has 198 valence electrons. The summed E-state index contributed by atoms with van der Waals surface area (Å²) in [6, 6.07) is 18.8. The molecule has 0 unspecified atom stereocenters. The van der Waals surface area contributed by atoms with E-state index in [1.165, 1.54) is 7.11 Å². The van der Waals surface area contributed by atoms with Crippen molar-refractivity contribution in [2.45, 2.75) is 81.2 Å². The van der Waals surface area contributed by atoms with E-state index >= 15 is 0 Å². The molecule has 8 heteroatoms. The van der Waals surface area contributed by atoms with Crippen LogP contribution in [0.15, 0.2) is 60.7 Å². The van der Waals surface area contributed by atoms with Crippen molar-refractivity contribution in [1.82, 2.24) is 4.90 Å². The van der Waals surface area contributed by atoms with Crippen molar-refractivity contribution < 1.29 is 28.6 Å². The zero-order valence-electron chi connectivity index (χ0n) is 21.4. The maximum atomic E-state index is 13.6. The molecule has 2 fully saturated rings. The van der Waals surface area contributed by atoms with E-state index in [1.807, 2.05) is 60.7 Å². The number of carbonyl (C=O) groups excluding carboxylic acids is 3. The number of hydrogen-bond donors (Lipinski definition) is 0. The minimum absolute atomic E-state index is 0.0308. The van der Waals surface area contributed by atoms with E-state index in [0.29, 0.717) is 6.61 Å². The number of piperidine rings is 1. The summed E-state index contributed by atoms with van der Waals surface area (Å²) in [5, 5.41) is 0. The van der Waals surface area contributed by atoms with Crippen molar-refractivity contribution in [3.63, 3.8) is 0 Å². The van der Waals surface area contributed by atoms with Crippen molar-refractivity contribution in [3.8, 4) is 0 Å². The van der Waals surface area contributed by atoms with Gasteiger partial charge in [-0.2, -0.15) is 0 Å². The average molecular weight is 573 g/mol. The van der Waals surface area contributed by atoms with E-state index in [9.17, 15) is 14.4 Å². The van der Waals surface area contributed by atoms with Gasteiger partial charge in [-0.05, 0) is 0 Å². The van der Waals surface area contributed by atoms with Crippen molar-refractivity contribution >= 4 is 37.3 Å². The first-order valence-electron chi connectivity index (χ1n) is 13.0. The second-order valence-electron chi connectivity index (χ2n) is 9.53. The summed E-state index contributed by atoms with van der Waals surface area (Å²) in [5.41, 5.74) is 1.04. The monoisotopic (exact) mass is 573 g/mol. The molecule has 0 N–H and O–H groups in total. The van der Waals surface area contributed by atoms with E-state index in [2.05, 4.69) is 6.92 Å². The summed E-state index contributed by atoms with van der Waals surface area (Å²) in [7, 11) is 1.32. The van der Waals surface area contributed by atoms with Gasteiger partial charge in [0.05, 0.1) is 0 Å². The molecular formula is C29H35NO6Se. The SMILES string of the molecule is CCCCC[C@H](OCc1ccccc1)[C@@H]1OC(=O)N2[C@@H](CC(=O)OC)CC(=O)[C@@H]([Se]c3ccccc3)[C@H]12. The first-order valence-corrected chi connectivity index (χ1v) is 14.8. The number of Topliss-reactive ketones (excluding diaryl/α,β-unsaturated/α-hetero) is 1. The number of nitrogens with zero attached hydrogens (tertiary/aromatic N) is 1. The van der Waals surface area contributed by atoms with Gasteiger partial charge in [-0.3, -0.25) is 0 Å². The van der Waals surface area contributed by atoms with E-state index < -0.39 is 30.3 Å². The van der Waals surface area contributed by atoms with Gasteiger partial charge in [-0.25, -0.2) is 0 Å². The molecule has 0 bridgehead atoms. The molecule has 2 aliphatic heterocycles. The fraction of sp³-hybridized carbons (Fsp3) is 0.483. The Labute approximate surface area is 225 Å². The Morgan fingerprint density at radius 3 is 2.46 bits per heavy atom. The zero-order valence-corrected chi connectivity index (χ0v) is 23.1. The molecule has 4 rings (SSSR count). The molecule has 0 aliphatic carbocycles. The second kappa shape index (κ2) is 13.2. The zero-order chi connectivity index (χ0) is 26.2. The molecule has 2 heterocycles. The number of hydrogen-bond acceptors (Lipinski definition) is 6. The molecule has 0 radical (unpaired) electrons. The van der Waals surface area contributed by atoms with Crippen molar-refractivity contribution in [2.24, 2.45) is 0 Å². The number of fused-ring (bicyclic) bond motifs is 1. The van der Waals surface area contributed by atoms with Gasteiger partial charge in [0.25, 0.3) is 0 Å². The van der Waals surface area contributed by atoms with Gasteiger partial charge in [0.1, 0.15) is 0 Å². The van der Waals surface area contributed by atoms with Crippen LogP contribution in [0.4, 0.5) is 4.79 Å². The third-order valence-corrected chi connectivity index (χ3v) is 9.78. The standard InChI is InChI=1S/C29H35NO6Se/c1-3-4-7-16-24(35-19-20-12-8-5-9-13-20)27-26-28(37-22-14-10-6-11-15-22)23(31)17-21(18-25(32)34-2)30(26)29(33)36-27/h5-6,8-15,21,24,26-28H,3-4,7,16-19H2,1-2H3/t21-,24+,26+,27+,28-/m1/s1. The van der Waals surface area contributed by atoms with Gasteiger partial charge in [0, 0.05) is 0 Å². The molecule has 2 aromatic rings. The number of unbranched alkanes of at least 4 members (excludes halogenated alkanes) is 2. The predicted molar refractivity (Wildman–Crippen MR) is 141 cm³/mol. The van der Waals surface area contributed by atoms with Gasteiger partial charge in [0.15, 0.2) is 0 Å². The second-order valence-corrected chi connectivity index (χ2v) is 12.1. The molecule has 2 aliphatic rings. The van der Waals surface area contributed by atoms with Crippen LogP contribution in [0.3, 0.4) is 0 Å². The number of rotatable bonds is 12. The molecule has 1 amide bonds. The van der Waals surface area contributed by atoms with Crippen LogP contribution in [0, 0.1) is 0 Å². The molecule has 0 saturated carbocycles. The normalized spacial score (nSPS) is 23.9. The van der Waals surface area contributed by atoms with Crippen LogP contribution < -0.4 is 4.46 Å². The number of carbonyl (C=O) groups is 3. The van der Waals surface area contributed by atoms with Gasteiger partial charge >= 0.3 is 225 Å². The first-order chi connectivity index (χ1) is 18.0. The summed E-state index contributed by atoms with van der Waals surface area (Å²) < 4.78 is 18.4. The van der Waals surface area contributed by atoms with Crippen LogP contribution in [0.5, 0.6) is 0 Å². The van der Waals surface area contributed by atoms with Crippen LogP contribution in [0.25, 0.3) is 0 Å². The van der Waals surface area contributed by atoms with Gasteiger partial charge in [-0.1, -0.05) is 0 Å². The third kappa shape index (κ3) is 6.81. The first kappa shape index (κ1) is 27.4. The number of methoxy groups -OCH3 is 1. The molecule has 2 aromatic carbocycles. The number of esters is 1. The van der Waals surface area contributed by atoms with Gasteiger partial charge < -0.3 is 0 Å². The van der Waals surface area contributed by atoms with Gasteiger partial charge in [-0.15, -0.1) is 0 Å². The van der Waals surface area contributed by atoms with Crippen LogP contribution in [0.1, 0.15) is 51.0 Å².